The fourth-order valence-electron chi connectivity index (χ4n) is 2.75. The molecule has 0 aromatic carbocycles. The molecule has 3 heteroatoms. The summed E-state index contributed by atoms with van der Waals surface area (Å²) in [5, 5.41) is 3.55. The number of nitrogens with zero attached hydrogens (tertiary/aromatic N) is 1. The van der Waals surface area contributed by atoms with Crippen molar-refractivity contribution in [3.8, 4) is 0 Å². The van der Waals surface area contributed by atoms with Crippen LogP contribution in [-0.2, 0) is 0 Å². The largest absolute Gasteiger partial charge is 0.396 e. The highest BCUT2D eigenvalue weighted by atomic mass is 15.0. The summed E-state index contributed by atoms with van der Waals surface area (Å²) < 4.78 is 0. The second-order valence-corrected chi connectivity index (χ2v) is 5.09. The summed E-state index contributed by atoms with van der Waals surface area (Å²) in [5.41, 5.74) is 7.96. The lowest BCUT2D eigenvalue weighted by atomic mass is 9.83. The summed E-state index contributed by atoms with van der Waals surface area (Å²) in [6.07, 6.45) is 8.34. The Labute approximate surface area is 104 Å². The molecular formula is C14H23N3. The molecule has 0 bridgehead atoms. The molecule has 1 aliphatic rings. The summed E-state index contributed by atoms with van der Waals surface area (Å²) in [6, 6.07) is 2.50. The molecule has 3 N–H and O–H groups in total. The second-order valence-electron chi connectivity index (χ2n) is 5.09. The zero-order chi connectivity index (χ0) is 12.3. The third kappa shape index (κ3) is 2.71. The van der Waals surface area contributed by atoms with Crippen LogP contribution in [-0.4, -0.2) is 11.0 Å². The van der Waals surface area contributed by atoms with Crippen molar-refractivity contribution < 1.29 is 0 Å². The fourth-order valence-corrected chi connectivity index (χ4v) is 2.75. The number of nitrogen functional groups attached to an aromatic ring is 1. The number of aromatic nitrogens is 1. The van der Waals surface area contributed by atoms with Gasteiger partial charge in [0, 0.05) is 12.2 Å². The Bertz CT molecular complexity index is 376. The Kier molecular flexibility index (Phi) is 3.87. The molecule has 0 spiro atoms. The van der Waals surface area contributed by atoms with E-state index >= 15 is 0 Å². The van der Waals surface area contributed by atoms with Crippen LogP contribution in [0.4, 0.5) is 11.5 Å². The topological polar surface area (TPSA) is 50.9 Å². The maximum Gasteiger partial charge on any atom is 0.149 e. The van der Waals surface area contributed by atoms with E-state index in [1.165, 1.54) is 32.1 Å². The molecule has 1 aromatic heterocycles. The molecule has 1 heterocycles. The van der Waals surface area contributed by atoms with Gasteiger partial charge in [-0.1, -0.05) is 26.2 Å². The van der Waals surface area contributed by atoms with Gasteiger partial charge in [0.2, 0.25) is 0 Å². The van der Waals surface area contributed by atoms with Crippen molar-refractivity contribution in [2.45, 2.75) is 52.0 Å². The molecule has 2 rings (SSSR count). The van der Waals surface area contributed by atoms with E-state index in [0.717, 1.165) is 23.0 Å². The van der Waals surface area contributed by atoms with Crippen molar-refractivity contribution in [2.24, 2.45) is 5.92 Å². The first-order chi connectivity index (χ1) is 8.22. The van der Waals surface area contributed by atoms with E-state index < -0.39 is 0 Å². The summed E-state index contributed by atoms with van der Waals surface area (Å²) >= 11 is 0. The van der Waals surface area contributed by atoms with E-state index in [-0.39, 0.29) is 0 Å². The van der Waals surface area contributed by atoms with E-state index in [1.807, 2.05) is 19.2 Å². The Morgan fingerprint density at radius 2 is 2.18 bits per heavy atom. The summed E-state index contributed by atoms with van der Waals surface area (Å²) in [6.45, 7) is 4.30. The molecule has 1 fully saturated rings. The van der Waals surface area contributed by atoms with Gasteiger partial charge in [-0.2, -0.15) is 0 Å². The lowest BCUT2D eigenvalue weighted by Crippen LogP contribution is -2.32. The van der Waals surface area contributed by atoms with Gasteiger partial charge in [0.1, 0.15) is 5.82 Å². The number of anilines is 2. The number of nitrogens with one attached hydrogen (secondary N) is 1. The van der Waals surface area contributed by atoms with E-state index in [2.05, 4.69) is 17.2 Å². The van der Waals surface area contributed by atoms with Gasteiger partial charge >= 0.3 is 0 Å². The molecule has 0 aliphatic heterocycles. The molecular weight excluding hydrogens is 210 g/mol. The van der Waals surface area contributed by atoms with Crippen LogP contribution in [0.1, 0.15) is 44.6 Å². The van der Waals surface area contributed by atoms with Gasteiger partial charge in [-0.15, -0.1) is 0 Å². The van der Waals surface area contributed by atoms with Gasteiger partial charge in [-0.05, 0) is 37.3 Å². The highest BCUT2D eigenvalue weighted by Crippen LogP contribution is 2.30. The highest BCUT2D eigenvalue weighted by molar-refractivity contribution is 5.65. The maximum atomic E-state index is 6.06. The Morgan fingerprint density at radius 3 is 2.94 bits per heavy atom. The Balaban J connectivity index is 2.11. The monoisotopic (exact) mass is 233 g/mol. The van der Waals surface area contributed by atoms with Gasteiger partial charge in [-0.25, -0.2) is 4.98 Å². The molecule has 1 aromatic rings. The average molecular weight is 233 g/mol. The van der Waals surface area contributed by atoms with Gasteiger partial charge in [-0.3, -0.25) is 0 Å². The first-order valence-electron chi connectivity index (χ1n) is 6.70. The minimum absolute atomic E-state index is 0.547. The number of nitrogens with two attached hydrogens (primary N) is 1. The van der Waals surface area contributed by atoms with Crippen LogP contribution in [0.15, 0.2) is 12.3 Å². The first-order valence-corrected chi connectivity index (χ1v) is 6.70. The van der Waals surface area contributed by atoms with Crippen molar-refractivity contribution >= 4 is 11.5 Å². The van der Waals surface area contributed by atoms with Gasteiger partial charge in [0.25, 0.3) is 0 Å². The van der Waals surface area contributed by atoms with Gasteiger partial charge in [0.15, 0.2) is 0 Å². The smallest absolute Gasteiger partial charge is 0.149 e. The van der Waals surface area contributed by atoms with Crippen LogP contribution in [0, 0.1) is 12.8 Å². The molecule has 2 unspecified atom stereocenters. The molecule has 17 heavy (non-hydrogen) atoms. The van der Waals surface area contributed by atoms with E-state index in [4.69, 9.17) is 5.73 Å². The number of aryl methyl sites for hydroxylation is 1. The summed E-state index contributed by atoms with van der Waals surface area (Å²) in [4.78, 5) is 4.37. The Morgan fingerprint density at radius 1 is 1.41 bits per heavy atom. The highest BCUT2D eigenvalue weighted by Gasteiger charge is 2.24. The molecule has 1 saturated carbocycles. The van der Waals surface area contributed by atoms with Crippen LogP contribution in [0.3, 0.4) is 0 Å². The number of hydrogen-bond donors (Lipinski definition) is 2. The van der Waals surface area contributed by atoms with Crippen molar-refractivity contribution in [3.63, 3.8) is 0 Å². The van der Waals surface area contributed by atoms with Gasteiger partial charge < -0.3 is 11.1 Å². The lowest BCUT2D eigenvalue weighted by molar-refractivity contribution is 0.317. The first kappa shape index (κ1) is 12.2. The van der Waals surface area contributed by atoms with Crippen LogP contribution < -0.4 is 11.1 Å². The standard InChI is InChI=1S/C14H23N3/c1-3-11-6-4-5-7-12(11)17-14-13(15)10(2)8-9-16-14/h8-9,11-12H,3-7,15H2,1-2H3,(H,16,17). The molecule has 0 amide bonds. The fraction of sp³-hybridized carbons (Fsp3) is 0.643. The average Bonchev–Trinajstić information content (AvgIpc) is 2.35. The normalized spacial score (nSPS) is 24.6. The third-order valence-corrected chi connectivity index (χ3v) is 3.96. The zero-order valence-corrected chi connectivity index (χ0v) is 10.9. The Hall–Kier alpha value is -1.25. The van der Waals surface area contributed by atoms with Crippen LogP contribution in [0.2, 0.25) is 0 Å². The van der Waals surface area contributed by atoms with E-state index in [1.54, 1.807) is 0 Å². The lowest BCUT2D eigenvalue weighted by Gasteiger charge is -2.32. The van der Waals surface area contributed by atoms with Crippen LogP contribution in [0.25, 0.3) is 0 Å². The van der Waals surface area contributed by atoms with Crippen molar-refractivity contribution in [3.05, 3.63) is 17.8 Å². The third-order valence-electron chi connectivity index (χ3n) is 3.96. The molecule has 1 aliphatic carbocycles. The SMILES string of the molecule is CCC1CCCCC1Nc1nccc(C)c1N. The number of pyridine rings is 1. The number of rotatable bonds is 3. The molecule has 2 atom stereocenters. The summed E-state index contributed by atoms with van der Waals surface area (Å²) in [5.74, 6) is 1.64. The van der Waals surface area contributed by atoms with E-state index in [0.29, 0.717) is 6.04 Å². The molecule has 0 radical (unpaired) electrons. The van der Waals surface area contributed by atoms with Crippen molar-refractivity contribution in [2.75, 3.05) is 11.1 Å². The van der Waals surface area contributed by atoms with Crippen LogP contribution >= 0.6 is 0 Å². The van der Waals surface area contributed by atoms with E-state index in [9.17, 15) is 0 Å². The predicted octanol–water partition coefficient (Wildman–Crippen LogP) is 3.35. The quantitative estimate of drug-likeness (QED) is 0.841. The molecule has 0 saturated heterocycles. The van der Waals surface area contributed by atoms with Crippen molar-refractivity contribution in [1.82, 2.24) is 4.98 Å². The minimum atomic E-state index is 0.547. The van der Waals surface area contributed by atoms with Crippen molar-refractivity contribution in [1.29, 1.82) is 0 Å². The molecule has 3 nitrogen and oxygen atoms in total. The zero-order valence-electron chi connectivity index (χ0n) is 10.9. The molecule has 94 valence electrons. The second kappa shape index (κ2) is 5.39. The summed E-state index contributed by atoms with van der Waals surface area (Å²) in [7, 11) is 0. The minimum Gasteiger partial charge on any atom is -0.396 e. The van der Waals surface area contributed by atoms with Crippen LogP contribution in [0.5, 0.6) is 0 Å². The van der Waals surface area contributed by atoms with Gasteiger partial charge in [0.05, 0.1) is 5.69 Å². The number of hydrogen-bond acceptors (Lipinski definition) is 3. The predicted molar refractivity (Wildman–Crippen MR) is 73.0 cm³/mol. The maximum absolute atomic E-state index is 6.06.